The van der Waals surface area contributed by atoms with Gasteiger partial charge in [0.05, 0.1) is 25.8 Å². The highest BCUT2D eigenvalue weighted by Gasteiger charge is 2.30. The Hall–Kier alpha value is 0.127. The topological polar surface area (TPSA) is 0 Å². The smallest absolute Gasteiger partial charge is 0.110 e. The second kappa shape index (κ2) is 8.25. The van der Waals surface area contributed by atoms with Crippen LogP contribution in [0.15, 0.2) is 38.0 Å². The van der Waals surface area contributed by atoms with E-state index in [0.717, 1.165) is 24.1 Å². The van der Waals surface area contributed by atoms with Crippen molar-refractivity contribution in [2.75, 3.05) is 25.8 Å². The minimum absolute atomic E-state index is 0. The highest BCUT2D eigenvalue weighted by Crippen LogP contribution is 2.14. The summed E-state index contributed by atoms with van der Waals surface area (Å²) in [6.07, 6.45) is 7.32. The Morgan fingerprint density at radius 1 is 0.875 bits per heavy atom. The summed E-state index contributed by atoms with van der Waals surface area (Å²) in [5, 5.41) is 0. The summed E-state index contributed by atoms with van der Waals surface area (Å²) in [5.41, 5.74) is 0. The van der Waals surface area contributed by atoms with E-state index in [9.17, 15) is 0 Å². The van der Waals surface area contributed by atoms with Crippen molar-refractivity contribution in [1.29, 1.82) is 0 Å². The van der Waals surface area contributed by atoms with E-state index in [-0.39, 0.29) is 24.0 Å². The van der Waals surface area contributed by atoms with E-state index >= 15 is 0 Å². The first-order valence-corrected chi connectivity index (χ1v) is 9.28. The van der Waals surface area contributed by atoms with Crippen molar-refractivity contribution in [2.24, 2.45) is 0 Å². The Morgan fingerprint density at radius 2 is 1.19 bits per heavy atom. The summed E-state index contributed by atoms with van der Waals surface area (Å²) in [5.74, 6) is 0. The quantitative estimate of drug-likeness (QED) is 0.254. The molecule has 0 aromatic heterocycles. The molecule has 0 saturated carbocycles. The third kappa shape index (κ3) is 7.41. The van der Waals surface area contributed by atoms with Gasteiger partial charge in [0.25, 0.3) is 0 Å². The van der Waals surface area contributed by atoms with Gasteiger partial charge in [-0.05, 0) is 18.2 Å². The first kappa shape index (κ1) is 18.5. The molecule has 0 bridgehead atoms. The standard InChI is InChI=1S/C13H26NSi.HI/c1-7-10-14(11-8-2,12-9-3)13-15(4,5)6;/h7-9H,1-3,10-13H2,4-6H3;1H/q+1;/p-1. The van der Waals surface area contributed by atoms with Crippen molar-refractivity contribution in [3.63, 3.8) is 0 Å². The Bertz CT molecular complexity index is 204. The predicted molar refractivity (Wildman–Crippen MR) is 73.7 cm³/mol. The van der Waals surface area contributed by atoms with Gasteiger partial charge >= 0.3 is 0 Å². The second-order valence-electron chi connectivity index (χ2n) is 5.47. The summed E-state index contributed by atoms with van der Waals surface area (Å²) >= 11 is 0. The number of hydrogen-bond donors (Lipinski definition) is 0. The normalized spacial score (nSPS) is 11.4. The summed E-state index contributed by atoms with van der Waals surface area (Å²) in [6.45, 7) is 21.9. The molecule has 94 valence electrons. The first-order chi connectivity index (χ1) is 6.89. The molecule has 0 aliphatic rings. The molecule has 0 unspecified atom stereocenters. The number of quaternary nitrogens is 1. The fourth-order valence-corrected chi connectivity index (χ4v) is 4.64. The van der Waals surface area contributed by atoms with Crippen LogP contribution in [0.5, 0.6) is 0 Å². The maximum absolute atomic E-state index is 3.87. The van der Waals surface area contributed by atoms with E-state index in [1.54, 1.807) is 0 Å². The van der Waals surface area contributed by atoms with Crippen molar-refractivity contribution >= 4 is 8.07 Å². The van der Waals surface area contributed by atoms with Gasteiger partial charge < -0.3 is 28.5 Å². The summed E-state index contributed by atoms with van der Waals surface area (Å²) in [7, 11) is -1.08. The van der Waals surface area contributed by atoms with Gasteiger partial charge in [-0.25, -0.2) is 0 Å². The number of rotatable bonds is 8. The average molecular weight is 351 g/mol. The van der Waals surface area contributed by atoms with Crippen LogP contribution in [0.4, 0.5) is 0 Å². The molecule has 16 heavy (non-hydrogen) atoms. The molecule has 0 aliphatic carbocycles. The van der Waals surface area contributed by atoms with E-state index in [1.165, 1.54) is 6.17 Å². The molecule has 0 fully saturated rings. The van der Waals surface area contributed by atoms with Gasteiger partial charge in [0.2, 0.25) is 0 Å². The molecule has 1 nitrogen and oxygen atoms in total. The van der Waals surface area contributed by atoms with Gasteiger partial charge in [0.15, 0.2) is 0 Å². The third-order valence-electron chi connectivity index (χ3n) is 2.36. The fraction of sp³-hybridized carbons (Fsp3) is 0.538. The van der Waals surface area contributed by atoms with Gasteiger partial charge in [0, 0.05) is 0 Å². The summed E-state index contributed by atoms with van der Waals surface area (Å²) in [4.78, 5) is 0. The van der Waals surface area contributed by atoms with Crippen LogP contribution in [-0.2, 0) is 0 Å². The molecular formula is C13H26INSi. The highest BCUT2D eigenvalue weighted by atomic mass is 127. The third-order valence-corrected chi connectivity index (χ3v) is 3.98. The molecule has 0 rings (SSSR count). The van der Waals surface area contributed by atoms with Gasteiger partial charge in [-0.2, -0.15) is 0 Å². The Labute approximate surface area is 120 Å². The SMILES string of the molecule is C=CC[N+](CC=C)(CC=C)C[Si](C)(C)C.[I-]. The van der Waals surface area contributed by atoms with Crippen LogP contribution in [0.25, 0.3) is 0 Å². The van der Waals surface area contributed by atoms with Crippen LogP contribution in [0, 0.1) is 0 Å². The largest absolute Gasteiger partial charge is 1.00 e. The number of halogens is 1. The first-order valence-electron chi connectivity index (χ1n) is 5.57. The Morgan fingerprint density at radius 3 is 1.38 bits per heavy atom. The van der Waals surface area contributed by atoms with E-state index in [1.807, 2.05) is 18.2 Å². The van der Waals surface area contributed by atoms with Gasteiger partial charge in [-0.3, -0.25) is 0 Å². The van der Waals surface area contributed by atoms with Gasteiger partial charge in [-0.1, -0.05) is 39.4 Å². The van der Waals surface area contributed by atoms with Crippen LogP contribution in [0.2, 0.25) is 19.6 Å². The zero-order chi connectivity index (χ0) is 11.9. The van der Waals surface area contributed by atoms with Crippen LogP contribution in [0.1, 0.15) is 0 Å². The maximum atomic E-state index is 3.87. The number of nitrogens with zero attached hydrogens (tertiary/aromatic N) is 1. The van der Waals surface area contributed by atoms with Gasteiger partial charge in [-0.15, -0.1) is 0 Å². The van der Waals surface area contributed by atoms with Crippen LogP contribution >= 0.6 is 0 Å². The zero-order valence-corrected chi connectivity index (χ0v) is 14.2. The highest BCUT2D eigenvalue weighted by molar-refractivity contribution is 6.76. The summed E-state index contributed by atoms with van der Waals surface area (Å²) < 4.78 is 1.05. The van der Waals surface area contributed by atoms with E-state index in [0.29, 0.717) is 0 Å². The maximum Gasteiger partial charge on any atom is 0.110 e. The molecule has 0 aromatic rings. The van der Waals surface area contributed by atoms with Crippen molar-refractivity contribution < 1.29 is 28.5 Å². The molecule has 0 saturated heterocycles. The molecular weight excluding hydrogens is 325 g/mol. The van der Waals surface area contributed by atoms with Crippen LogP contribution < -0.4 is 24.0 Å². The molecule has 0 heterocycles. The predicted octanol–water partition coefficient (Wildman–Crippen LogP) is 0.243. The Kier molecular flexibility index (Phi) is 9.54. The zero-order valence-electron chi connectivity index (χ0n) is 11.0. The lowest BCUT2D eigenvalue weighted by atomic mass is 10.3. The lowest BCUT2D eigenvalue weighted by Gasteiger charge is -2.40. The molecule has 0 N–H and O–H groups in total. The van der Waals surface area contributed by atoms with Crippen molar-refractivity contribution in [3.8, 4) is 0 Å². The minimum Gasteiger partial charge on any atom is -1.00 e. The minimum atomic E-state index is -1.08. The van der Waals surface area contributed by atoms with E-state index < -0.39 is 8.07 Å². The van der Waals surface area contributed by atoms with Crippen molar-refractivity contribution in [3.05, 3.63) is 38.0 Å². The van der Waals surface area contributed by atoms with Crippen molar-refractivity contribution in [2.45, 2.75) is 19.6 Å². The van der Waals surface area contributed by atoms with Crippen molar-refractivity contribution in [1.82, 2.24) is 0 Å². The monoisotopic (exact) mass is 351 g/mol. The second-order valence-corrected chi connectivity index (χ2v) is 10.9. The van der Waals surface area contributed by atoms with Crippen LogP contribution in [-0.4, -0.2) is 38.4 Å². The molecule has 3 heteroatoms. The average Bonchev–Trinajstić information content (AvgIpc) is 2.01. The lowest BCUT2D eigenvalue weighted by molar-refractivity contribution is -0.902. The van der Waals surface area contributed by atoms with Gasteiger partial charge in [0.1, 0.15) is 8.07 Å². The molecule has 0 amide bonds. The lowest BCUT2D eigenvalue weighted by Crippen LogP contribution is -3.00. The summed E-state index contributed by atoms with van der Waals surface area (Å²) in [6, 6.07) is 0. The van der Waals surface area contributed by atoms with Crippen LogP contribution in [0.3, 0.4) is 0 Å². The molecule has 0 radical (unpaired) electrons. The van der Waals surface area contributed by atoms with E-state index in [2.05, 4.69) is 39.4 Å². The van der Waals surface area contributed by atoms with E-state index in [4.69, 9.17) is 0 Å². The molecule has 0 spiro atoms. The molecule has 0 atom stereocenters. The fourth-order valence-electron chi connectivity index (χ4n) is 2.25. The Balaban J connectivity index is 0. The number of hydrogen-bond acceptors (Lipinski definition) is 0. The molecule has 0 aromatic carbocycles. The molecule has 0 aliphatic heterocycles.